The van der Waals surface area contributed by atoms with Gasteiger partial charge in [0.1, 0.15) is 24.2 Å². The summed E-state index contributed by atoms with van der Waals surface area (Å²) in [7, 11) is 1.86. The van der Waals surface area contributed by atoms with E-state index in [0.717, 1.165) is 10.6 Å². The van der Waals surface area contributed by atoms with Gasteiger partial charge in [-0.25, -0.2) is 8.78 Å². The van der Waals surface area contributed by atoms with Gasteiger partial charge in [0.25, 0.3) is 11.8 Å². The number of carboxylic acids is 2. The highest BCUT2D eigenvalue weighted by molar-refractivity contribution is 5.90. The highest BCUT2D eigenvalue weighted by Crippen LogP contribution is 2.25. The topological polar surface area (TPSA) is 172 Å². The minimum Gasteiger partial charge on any atom is -0.542 e. The summed E-state index contributed by atoms with van der Waals surface area (Å²) in [4.78, 5) is 42.5. The zero-order valence-corrected chi connectivity index (χ0v) is 21.4. The van der Waals surface area contributed by atoms with Gasteiger partial charge in [0.2, 0.25) is 5.91 Å². The first-order chi connectivity index (χ1) is 18.0. The number of nitrogens with zero attached hydrogens (tertiary/aromatic N) is 1. The molecule has 0 bridgehead atoms. The van der Waals surface area contributed by atoms with Crippen LogP contribution in [0.3, 0.4) is 0 Å². The number of halogens is 8. The smallest absolute Gasteiger partial charge is 0.430 e. The van der Waals surface area contributed by atoms with E-state index in [2.05, 4.69) is 15.7 Å². The SMILES string of the molecule is CC(C)C[C@H](NC(=O)[C@@H]1CC(F)(F)CC[NH2+]1)C(=O)NCC1=C[NH+](C)N=C1.O=C([O-])C(F)(F)F.O=C([O-])C(F)(F)F. The predicted octanol–water partition coefficient (Wildman–Crippen LogP) is -3.01. The molecule has 0 radical (unpaired) electrons. The molecule has 0 aromatic rings. The summed E-state index contributed by atoms with van der Waals surface area (Å²) in [6.07, 6.45) is -7.10. The number of quaternary nitrogens is 2. The van der Waals surface area contributed by atoms with Crippen LogP contribution in [0.25, 0.3) is 0 Å². The Bertz CT molecular complexity index is 929. The van der Waals surface area contributed by atoms with Gasteiger partial charge in [-0.3, -0.25) is 9.59 Å². The van der Waals surface area contributed by atoms with Gasteiger partial charge >= 0.3 is 12.4 Å². The standard InChI is InChI=1S/C17H27F2N5O2.2C2HF3O2/c1-11(2)6-13(15(25)21-8-12-9-22-24(3)10-12)23-16(26)14-7-17(18,19)4-5-20-14;2*3-2(4,5)1(6)7/h9-11,13-14,20H,4-8H2,1-3H3,(H,21,25)(H,23,26);2*(H,6,7)/t13-,14-;;/m0../s1. The lowest BCUT2D eigenvalue weighted by atomic mass is 9.98. The Morgan fingerprint density at radius 1 is 1.10 bits per heavy atom. The van der Waals surface area contributed by atoms with E-state index in [4.69, 9.17) is 19.8 Å². The maximum absolute atomic E-state index is 13.5. The lowest BCUT2D eigenvalue weighted by Crippen LogP contribution is -2.97. The number of hydrogen-bond donors (Lipinski definition) is 4. The lowest BCUT2D eigenvalue weighted by Gasteiger charge is -2.28. The number of carbonyl (C=O) groups excluding carboxylic acids is 4. The molecule has 230 valence electrons. The van der Waals surface area contributed by atoms with Gasteiger partial charge in [-0.1, -0.05) is 18.9 Å². The fourth-order valence-corrected chi connectivity index (χ4v) is 3.12. The first-order valence-electron chi connectivity index (χ1n) is 11.5. The Kier molecular flexibility index (Phi) is 14.1. The second kappa shape index (κ2) is 15.4. The summed E-state index contributed by atoms with van der Waals surface area (Å²) in [6, 6.07) is -1.60. The van der Waals surface area contributed by atoms with Gasteiger partial charge in [0.15, 0.2) is 6.04 Å². The van der Waals surface area contributed by atoms with Crippen LogP contribution in [0.5, 0.6) is 0 Å². The molecule has 3 atom stereocenters. The summed E-state index contributed by atoms with van der Waals surface area (Å²) in [5, 5.41) is 29.6. The van der Waals surface area contributed by atoms with Gasteiger partial charge in [0, 0.05) is 6.54 Å². The van der Waals surface area contributed by atoms with Crippen LogP contribution in [-0.4, -0.2) is 80.5 Å². The van der Waals surface area contributed by atoms with E-state index >= 15 is 0 Å². The van der Waals surface area contributed by atoms with Crippen molar-refractivity contribution in [3.8, 4) is 0 Å². The number of hydrogen-bond acceptors (Lipinski definition) is 7. The molecule has 1 fully saturated rings. The molecule has 1 unspecified atom stereocenters. The third-order valence-electron chi connectivity index (χ3n) is 4.91. The Balaban J connectivity index is 0.000000894. The number of carboxylic acid groups (broad SMARTS) is 2. The zero-order chi connectivity index (χ0) is 31.5. The van der Waals surface area contributed by atoms with Crippen molar-refractivity contribution >= 4 is 30.0 Å². The van der Waals surface area contributed by atoms with Crippen molar-refractivity contribution in [1.29, 1.82) is 0 Å². The van der Waals surface area contributed by atoms with E-state index in [1.807, 2.05) is 27.1 Å². The molecule has 2 aliphatic heterocycles. The summed E-state index contributed by atoms with van der Waals surface area (Å²) >= 11 is 0. The third-order valence-corrected chi connectivity index (χ3v) is 4.91. The number of amides is 2. The fourth-order valence-electron chi connectivity index (χ4n) is 3.12. The first kappa shape index (κ1) is 36.6. The molecule has 2 rings (SSSR count). The highest BCUT2D eigenvalue weighted by Gasteiger charge is 2.42. The molecule has 2 amide bonds. The average molecular weight is 599 g/mol. The van der Waals surface area contributed by atoms with E-state index < -0.39 is 54.6 Å². The molecule has 19 heteroatoms. The van der Waals surface area contributed by atoms with Crippen LogP contribution in [0.2, 0.25) is 0 Å². The quantitative estimate of drug-likeness (QED) is 0.227. The average Bonchev–Trinajstić information content (AvgIpc) is 3.20. The fraction of sp³-hybridized carbons (Fsp3) is 0.667. The molecule has 2 heterocycles. The second-order valence-electron chi connectivity index (χ2n) is 9.04. The molecule has 1 saturated heterocycles. The van der Waals surface area contributed by atoms with Crippen LogP contribution in [0.4, 0.5) is 35.1 Å². The van der Waals surface area contributed by atoms with E-state index in [0.29, 0.717) is 13.0 Å². The molecular formula is C21H29F8N5O6. The van der Waals surface area contributed by atoms with Gasteiger partial charge in [0.05, 0.1) is 38.2 Å². The monoisotopic (exact) mass is 599 g/mol. The Hall–Kier alpha value is -3.35. The first-order valence-corrected chi connectivity index (χ1v) is 11.5. The summed E-state index contributed by atoms with van der Waals surface area (Å²) in [5.41, 5.74) is 0.880. The number of nitrogens with two attached hydrogens (primary N) is 1. The second-order valence-corrected chi connectivity index (χ2v) is 9.04. The van der Waals surface area contributed by atoms with Crippen LogP contribution >= 0.6 is 0 Å². The van der Waals surface area contributed by atoms with Crippen molar-refractivity contribution in [3.63, 3.8) is 0 Å². The van der Waals surface area contributed by atoms with E-state index in [9.17, 15) is 44.7 Å². The maximum Gasteiger partial charge on any atom is 0.430 e. The number of rotatable bonds is 7. The van der Waals surface area contributed by atoms with Crippen LogP contribution in [0, 0.1) is 5.92 Å². The minimum atomic E-state index is -5.19. The van der Waals surface area contributed by atoms with Crippen molar-refractivity contribution < 1.29 is 74.8 Å². The van der Waals surface area contributed by atoms with Gasteiger partial charge in [-0.15, -0.1) is 0 Å². The van der Waals surface area contributed by atoms with Crippen molar-refractivity contribution in [2.24, 2.45) is 11.0 Å². The molecule has 11 nitrogen and oxygen atoms in total. The number of aliphatic carboxylic acids is 2. The molecule has 0 aliphatic carbocycles. The third kappa shape index (κ3) is 15.3. The summed E-state index contributed by atoms with van der Waals surface area (Å²) in [6.45, 7) is 4.41. The molecule has 0 saturated carbocycles. The number of carbonyl (C=O) groups is 4. The maximum atomic E-state index is 13.5. The van der Waals surface area contributed by atoms with Crippen LogP contribution in [0.15, 0.2) is 16.9 Å². The van der Waals surface area contributed by atoms with E-state index in [-0.39, 0.29) is 24.8 Å². The van der Waals surface area contributed by atoms with Crippen molar-refractivity contribution in [2.45, 2.75) is 63.5 Å². The summed E-state index contributed by atoms with van der Waals surface area (Å²) in [5.74, 6) is -9.48. The number of alkyl halides is 8. The lowest BCUT2D eigenvalue weighted by molar-refractivity contribution is -0.829. The molecular weight excluding hydrogens is 570 g/mol. The van der Waals surface area contributed by atoms with Crippen LogP contribution in [0.1, 0.15) is 33.1 Å². The van der Waals surface area contributed by atoms with Crippen molar-refractivity contribution in [1.82, 2.24) is 10.6 Å². The minimum absolute atomic E-state index is 0.172. The van der Waals surface area contributed by atoms with Gasteiger partial charge in [-0.2, -0.15) is 31.4 Å². The van der Waals surface area contributed by atoms with Gasteiger partial charge in [-0.05, 0) is 12.3 Å². The largest absolute Gasteiger partial charge is 0.542 e. The van der Waals surface area contributed by atoms with Crippen molar-refractivity contribution in [2.75, 3.05) is 20.1 Å². The highest BCUT2D eigenvalue weighted by atomic mass is 19.4. The van der Waals surface area contributed by atoms with Gasteiger partial charge < -0.3 is 35.8 Å². The molecule has 0 spiro atoms. The molecule has 0 aromatic carbocycles. The normalized spacial score (nSPS) is 20.6. The number of piperidine rings is 1. The Morgan fingerprint density at radius 2 is 1.60 bits per heavy atom. The zero-order valence-electron chi connectivity index (χ0n) is 21.4. The number of nitrogens with one attached hydrogen (secondary N) is 3. The Labute approximate surface area is 222 Å². The molecule has 5 N–H and O–H groups in total. The van der Waals surface area contributed by atoms with E-state index in [1.165, 1.54) is 0 Å². The Morgan fingerprint density at radius 3 is 1.98 bits per heavy atom. The van der Waals surface area contributed by atoms with Crippen LogP contribution in [-0.2, 0) is 19.2 Å². The van der Waals surface area contributed by atoms with Crippen LogP contribution < -0.4 is 31.2 Å². The predicted molar refractivity (Wildman–Crippen MR) is 115 cm³/mol. The molecule has 2 aliphatic rings. The van der Waals surface area contributed by atoms with Crippen molar-refractivity contribution in [3.05, 3.63) is 11.8 Å². The molecule has 40 heavy (non-hydrogen) atoms. The molecule has 0 aromatic heterocycles. The summed E-state index contributed by atoms with van der Waals surface area (Å²) < 4.78 is 90.2. The van der Waals surface area contributed by atoms with E-state index in [1.54, 1.807) is 11.5 Å².